The maximum absolute atomic E-state index is 13.3. The Labute approximate surface area is 245 Å². The molecule has 0 unspecified atom stereocenters. The summed E-state index contributed by atoms with van der Waals surface area (Å²) in [6, 6.07) is 6.83. The number of carboxylic acid groups (broad SMARTS) is 2. The van der Waals surface area contributed by atoms with Gasteiger partial charge in [-0.25, -0.2) is 4.68 Å². The lowest BCUT2D eigenvalue weighted by atomic mass is 9.79. The molecule has 2 aromatic heterocycles. The Balaban J connectivity index is 1.36. The van der Waals surface area contributed by atoms with Gasteiger partial charge in [0.15, 0.2) is 22.5 Å². The number of carboxylic acids is 2. The normalized spacial score (nSPS) is 14.6. The summed E-state index contributed by atoms with van der Waals surface area (Å²) >= 11 is 0. The molecule has 0 bridgehead atoms. The Morgan fingerprint density at radius 2 is 1.75 bits per heavy atom. The van der Waals surface area contributed by atoms with Crippen LogP contribution in [-0.2, 0) is 27.0 Å². The van der Waals surface area contributed by atoms with Gasteiger partial charge in [0.1, 0.15) is 11.3 Å². The third-order valence-electron chi connectivity index (χ3n) is 7.61. The monoisotopic (exact) mass is 618 g/mol. The average molecular weight is 619 g/mol. The first kappa shape index (κ1) is 30.6. The van der Waals surface area contributed by atoms with Crippen molar-refractivity contribution in [2.75, 3.05) is 19.8 Å². The van der Waals surface area contributed by atoms with Gasteiger partial charge in [0.05, 0.1) is 22.9 Å². The number of benzene rings is 2. The summed E-state index contributed by atoms with van der Waals surface area (Å²) in [6.45, 7) is 1.08. The number of fused-ring (bicyclic) bond motifs is 2. The molecule has 16 heteroatoms. The number of hydrogen-bond acceptors (Lipinski definition) is 10. The van der Waals surface area contributed by atoms with Crippen LogP contribution in [0.1, 0.15) is 41.7 Å². The molecular formula is C28H25F3N4O9. The van der Waals surface area contributed by atoms with Gasteiger partial charge in [0, 0.05) is 32.2 Å². The molecule has 232 valence electrons. The maximum Gasteiger partial charge on any atom is 0.416 e. The predicted molar refractivity (Wildman–Crippen MR) is 143 cm³/mol. The van der Waals surface area contributed by atoms with Crippen LogP contribution in [0.3, 0.4) is 0 Å². The number of aliphatic carboxylic acids is 2. The summed E-state index contributed by atoms with van der Waals surface area (Å²) in [6.07, 6.45) is -4.93. The molecule has 13 nitrogen and oxygen atoms in total. The first-order valence-electron chi connectivity index (χ1n) is 13.4. The van der Waals surface area contributed by atoms with E-state index in [1.807, 2.05) is 0 Å². The van der Waals surface area contributed by atoms with Crippen LogP contribution in [0.2, 0.25) is 0 Å². The van der Waals surface area contributed by atoms with Gasteiger partial charge >= 0.3 is 18.1 Å². The van der Waals surface area contributed by atoms with Gasteiger partial charge < -0.3 is 24.2 Å². The van der Waals surface area contributed by atoms with Crippen LogP contribution >= 0.6 is 0 Å². The first-order valence-corrected chi connectivity index (χ1v) is 13.4. The Morgan fingerprint density at radius 1 is 1.02 bits per heavy atom. The van der Waals surface area contributed by atoms with Crippen molar-refractivity contribution in [3.8, 4) is 5.75 Å². The zero-order valence-electron chi connectivity index (χ0n) is 22.9. The van der Waals surface area contributed by atoms with E-state index in [0.29, 0.717) is 42.2 Å². The molecule has 0 spiro atoms. The van der Waals surface area contributed by atoms with Crippen molar-refractivity contribution in [3.05, 3.63) is 58.0 Å². The topological polar surface area (TPSA) is 184 Å². The molecule has 0 saturated carbocycles. The van der Waals surface area contributed by atoms with E-state index in [9.17, 15) is 42.6 Å². The number of Topliss-reactive ketones (excluding diaryl/α,β-unsaturated/α-hetero) is 1. The number of aryl methyl sites for hydroxylation is 1. The zero-order valence-corrected chi connectivity index (χ0v) is 22.9. The molecule has 1 aliphatic heterocycles. The van der Waals surface area contributed by atoms with E-state index in [-0.39, 0.29) is 22.2 Å². The Hall–Kier alpha value is -4.86. The minimum absolute atomic E-state index is 0.146. The SMILES string of the molecule is O=C(CC(CCn1nnc2ccc(C(F)(F)F)cc2c1=O)(C(=O)O)C(=O)O)c1noc2cc(OCC3CCOCC3)ccc12. The number of alkyl halides is 3. The van der Waals surface area contributed by atoms with E-state index in [2.05, 4.69) is 15.5 Å². The molecule has 44 heavy (non-hydrogen) atoms. The van der Waals surface area contributed by atoms with Crippen molar-refractivity contribution >= 4 is 39.6 Å². The number of nitrogens with zero attached hydrogens (tertiary/aromatic N) is 4. The van der Waals surface area contributed by atoms with E-state index >= 15 is 0 Å². The second-order valence-electron chi connectivity index (χ2n) is 10.4. The van der Waals surface area contributed by atoms with Gasteiger partial charge in [-0.1, -0.05) is 10.4 Å². The third kappa shape index (κ3) is 6.10. The molecule has 4 aromatic rings. The summed E-state index contributed by atoms with van der Waals surface area (Å²) in [4.78, 5) is 50.7. The second-order valence-corrected chi connectivity index (χ2v) is 10.4. The fourth-order valence-electron chi connectivity index (χ4n) is 4.93. The fraction of sp³-hybridized carbons (Fsp3) is 0.393. The number of ketones is 1. The summed E-state index contributed by atoms with van der Waals surface area (Å²) in [5, 5.41) is 30.7. The highest BCUT2D eigenvalue weighted by atomic mass is 19.4. The lowest BCUT2D eigenvalue weighted by Crippen LogP contribution is -2.43. The molecule has 0 atom stereocenters. The molecule has 0 radical (unpaired) electrons. The van der Waals surface area contributed by atoms with E-state index in [1.165, 1.54) is 12.1 Å². The minimum atomic E-state index is -4.75. The number of hydrogen-bond donors (Lipinski definition) is 2. The smallest absolute Gasteiger partial charge is 0.416 e. The van der Waals surface area contributed by atoms with Crippen LogP contribution in [0.25, 0.3) is 21.9 Å². The van der Waals surface area contributed by atoms with Gasteiger partial charge in [0.25, 0.3) is 5.56 Å². The largest absolute Gasteiger partial charge is 0.493 e. The second kappa shape index (κ2) is 12.0. The third-order valence-corrected chi connectivity index (χ3v) is 7.61. The van der Waals surface area contributed by atoms with Gasteiger partial charge in [-0.15, -0.1) is 5.10 Å². The number of ether oxygens (including phenoxy) is 2. The van der Waals surface area contributed by atoms with E-state index in [1.54, 1.807) is 6.07 Å². The van der Waals surface area contributed by atoms with E-state index in [0.717, 1.165) is 25.0 Å². The van der Waals surface area contributed by atoms with Crippen molar-refractivity contribution in [2.45, 2.75) is 38.4 Å². The molecule has 1 saturated heterocycles. The molecule has 3 heterocycles. The summed E-state index contributed by atoms with van der Waals surface area (Å²) in [5.74, 6) is -3.95. The van der Waals surface area contributed by atoms with Crippen LogP contribution in [0.4, 0.5) is 13.2 Å². The van der Waals surface area contributed by atoms with Crippen molar-refractivity contribution in [2.24, 2.45) is 11.3 Å². The Kier molecular flexibility index (Phi) is 8.36. The number of rotatable bonds is 11. The minimum Gasteiger partial charge on any atom is -0.493 e. The quantitative estimate of drug-likeness (QED) is 0.184. The fourth-order valence-corrected chi connectivity index (χ4v) is 4.93. The van der Waals surface area contributed by atoms with Gasteiger partial charge in [-0.05, 0) is 55.5 Å². The Bertz CT molecular complexity index is 1780. The van der Waals surface area contributed by atoms with Crippen LogP contribution in [0.5, 0.6) is 5.75 Å². The highest BCUT2D eigenvalue weighted by Crippen LogP contribution is 2.33. The molecule has 0 amide bonds. The number of halogens is 3. The van der Waals surface area contributed by atoms with E-state index in [4.69, 9.17) is 14.0 Å². The van der Waals surface area contributed by atoms with Crippen molar-refractivity contribution in [3.63, 3.8) is 0 Å². The number of carbonyl (C=O) groups excluding carboxylic acids is 1. The van der Waals surface area contributed by atoms with Crippen LogP contribution in [-0.4, -0.2) is 67.9 Å². The number of carbonyl (C=O) groups is 3. The molecule has 2 aromatic carbocycles. The lowest BCUT2D eigenvalue weighted by molar-refractivity contribution is -0.165. The molecule has 1 fully saturated rings. The van der Waals surface area contributed by atoms with Crippen molar-refractivity contribution in [1.82, 2.24) is 20.2 Å². The van der Waals surface area contributed by atoms with Gasteiger partial charge in [-0.2, -0.15) is 13.2 Å². The molecule has 2 N–H and O–H groups in total. The summed E-state index contributed by atoms with van der Waals surface area (Å²) < 4.78 is 56.4. The first-order chi connectivity index (χ1) is 20.9. The van der Waals surface area contributed by atoms with Crippen molar-refractivity contribution in [1.29, 1.82) is 0 Å². The highest BCUT2D eigenvalue weighted by Gasteiger charge is 2.49. The van der Waals surface area contributed by atoms with Crippen molar-refractivity contribution < 1.29 is 51.8 Å². The molecule has 1 aliphatic rings. The average Bonchev–Trinajstić information content (AvgIpc) is 3.42. The lowest BCUT2D eigenvalue weighted by Gasteiger charge is -2.23. The summed E-state index contributed by atoms with van der Waals surface area (Å²) in [7, 11) is 0. The highest BCUT2D eigenvalue weighted by molar-refractivity contribution is 6.10. The van der Waals surface area contributed by atoms with Crippen LogP contribution in [0, 0.1) is 11.3 Å². The van der Waals surface area contributed by atoms with Gasteiger partial charge in [0.2, 0.25) is 0 Å². The number of aromatic nitrogens is 4. The summed E-state index contributed by atoms with van der Waals surface area (Å²) in [5.41, 5.74) is -5.20. The van der Waals surface area contributed by atoms with Gasteiger partial charge in [-0.3, -0.25) is 19.2 Å². The maximum atomic E-state index is 13.3. The van der Waals surface area contributed by atoms with E-state index < -0.39 is 65.2 Å². The van der Waals surface area contributed by atoms with Crippen LogP contribution in [0.15, 0.2) is 45.7 Å². The van der Waals surface area contributed by atoms with Crippen LogP contribution < -0.4 is 10.3 Å². The Morgan fingerprint density at radius 3 is 2.43 bits per heavy atom. The molecule has 5 rings (SSSR count). The predicted octanol–water partition coefficient (Wildman–Crippen LogP) is 3.58. The molecule has 0 aliphatic carbocycles. The standard InChI is InChI=1S/C28H25F3N4O9/c29-28(30,31)16-1-4-20-19(11-16)24(37)35(34-32-20)8-7-27(25(38)39,26(40)41)13-21(36)23-18-3-2-17(12-22(18)44-33-23)43-14-15-5-9-42-10-6-15/h1-4,11-12,15H,5-10,13-14H2,(H,38,39)(H,40,41). The zero-order chi connectivity index (χ0) is 31.6. The molecular weight excluding hydrogens is 593 g/mol.